The smallest absolute Gasteiger partial charge is 0.254 e. The van der Waals surface area contributed by atoms with Crippen LogP contribution in [0.3, 0.4) is 0 Å². The molecule has 3 rings (SSSR count). The quantitative estimate of drug-likeness (QED) is 0.834. The second kappa shape index (κ2) is 8.64. The second-order valence-electron chi connectivity index (χ2n) is 7.28. The first-order chi connectivity index (χ1) is 12.6. The van der Waals surface area contributed by atoms with Gasteiger partial charge in [0.25, 0.3) is 11.8 Å². The molecular formula is C20H29N3O3. The van der Waals surface area contributed by atoms with Gasteiger partial charge in [0.1, 0.15) is 5.60 Å². The van der Waals surface area contributed by atoms with Crippen LogP contribution < -0.4 is 10.6 Å². The van der Waals surface area contributed by atoms with E-state index in [4.69, 9.17) is 4.74 Å². The first-order valence-corrected chi connectivity index (χ1v) is 9.53. The molecule has 1 aromatic rings. The highest BCUT2D eigenvalue weighted by Gasteiger charge is 2.43. The van der Waals surface area contributed by atoms with Gasteiger partial charge in [-0.3, -0.25) is 9.59 Å². The Morgan fingerprint density at radius 3 is 2.69 bits per heavy atom. The maximum atomic E-state index is 13.1. The van der Waals surface area contributed by atoms with Gasteiger partial charge >= 0.3 is 0 Å². The molecule has 2 aliphatic heterocycles. The van der Waals surface area contributed by atoms with Crippen molar-refractivity contribution < 1.29 is 14.3 Å². The fourth-order valence-corrected chi connectivity index (χ4v) is 3.97. The van der Waals surface area contributed by atoms with Crippen LogP contribution in [-0.2, 0) is 9.53 Å². The van der Waals surface area contributed by atoms with E-state index in [0.717, 1.165) is 32.5 Å². The summed E-state index contributed by atoms with van der Waals surface area (Å²) >= 11 is 0. The molecule has 0 saturated carbocycles. The van der Waals surface area contributed by atoms with Gasteiger partial charge in [0.05, 0.1) is 0 Å². The van der Waals surface area contributed by atoms with E-state index in [1.54, 1.807) is 7.11 Å². The Hall–Kier alpha value is -1.92. The lowest BCUT2D eigenvalue weighted by atomic mass is 9.88. The highest BCUT2D eigenvalue weighted by Crippen LogP contribution is 2.27. The van der Waals surface area contributed by atoms with Crippen LogP contribution in [0.1, 0.15) is 36.0 Å². The van der Waals surface area contributed by atoms with E-state index in [-0.39, 0.29) is 17.7 Å². The van der Waals surface area contributed by atoms with Crippen LogP contribution in [0.5, 0.6) is 0 Å². The Bertz CT molecular complexity index is 614. The van der Waals surface area contributed by atoms with Gasteiger partial charge < -0.3 is 20.3 Å². The molecule has 0 radical (unpaired) electrons. The predicted molar refractivity (Wildman–Crippen MR) is 99.9 cm³/mol. The van der Waals surface area contributed by atoms with Crippen LogP contribution in [0.25, 0.3) is 0 Å². The van der Waals surface area contributed by atoms with Gasteiger partial charge in [0, 0.05) is 32.3 Å². The molecule has 2 fully saturated rings. The molecule has 26 heavy (non-hydrogen) atoms. The van der Waals surface area contributed by atoms with Crippen LogP contribution in [0.15, 0.2) is 30.3 Å². The lowest BCUT2D eigenvalue weighted by Crippen LogP contribution is -2.57. The fourth-order valence-electron chi connectivity index (χ4n) is 3.97. The van der Waals surface area contributed by atoms with Crippen LogP contribution >= 0.6 is 0 Å². The van der Waals surface area contributed by atoms with E-state index in [2.05, 4.69) is 10.6 Å². The van der Waals surface area contributed by atoms with Gasteiger partial charge in [0.2, 0.25) is 0 Å². The average Bonchev–Trinajstić information content (AvgIpc) is 2.72. The summed E-state index contributed by atoms with van der Waals surface area (Å²) in [6, 6.07) is 9.24. The number of likely N-dealkylation sites (tertiary alicyclic amines) is 1. The van der Waals surface area contributed by atoms with E-state index in [1.807, 2.05) is 35.2 Å². The highest BCUT2D eigenvalue weighted by atomic mass is 16.5. The summed E-state index contributed by atoms with van der Waals surface area (Å²) in [5, 5.41) is 6.30. The monoisotopic (exact) mass is 359 g/mol. The Labute approximate surface area is 155 Å². The molecule has 1 atom stereocenters. The molecule has 2 aliphatic rings. The summed E-state index contributed by atoms with van der Waals surface area (Å²) in [5.74, 6) is 0.345. The van der Waals surface area contributed by atoms with Gasteiger partial charge in [-0.05, 0) is 56.8 Å². The molecule has 2 amide bonds. The van der Waals surface area contributed by atoms with E-state index in [0.29, 0.717) is 31.5 Å². The normalized spacial score (nSPS) is 22.7. The van der Waals surface area contributed by atoms with Gasteiger partial charge in [-0.25, -0.2) is 0 Å². The van der Waals surface area contributed by atoms with Crippen molar-refractivity contribution in [1.29, 1.82) is 0 Å². The lowest BCUT2D eigenvalue weighted by Gasteiger charge is -2.41. The Balaban J connectivity index is 1.55. The molecule has 6 nitrogen and oxygen atoms in total. The first-order valence-electron chi connectivity index (χ1n) is 9.53. The average molecular weight is 359 g/mol. The van der Waals surface area contributed by atoms with E-state index >= 15 is 0 Å². The van der Waals surface area contributed by atoms with Crippen molar-refractivity contribution in [3.8, 4) is 0 Å². The van der Waals surface area contributed by atoms with Crippen LogP contribution in [0.2, 0.25) is 0 Å². The number of amides is 2. The van der Waals surface area contributed by atoms with Crippen molar-refractivity contribution in [3.05, 3.63) is 35.9 Å². The van der Waals surface area contributed by atoms with E-state index in [1.165, 1.54) is 0 Å². The molecule has 142 valence electrons. The molecule has 2 saturated heterocycles. The number of nitrogens with zero attached hydrogens (tertiary/aromatic N) is 1. The summed E-state index contributed by atoms with van der Waals surface area (Å²) < 4.78 is 5.68. The summed E-state index contributed by atoms with van der Waals surface area (Å²) in [7, 11) is 1.64. The molecule has 6 heteroatoms. The minimum absolute atomic E-state index is 0.0548. The van der Waals surface area contributed by atoms with Gasteiger partial charge in [-0.1, -0.05) is 18.2 Å². The number of hydrogen-bond acceptors (Lipinski definition) is 4. The number of rotatable bonds is 5. The van der Waals surface area contributed by atoms with E-state index in [9.17, 15) is 9.59 Å². The Kier molecular flexibility index (Phi) is 6.27. The van der Waals surface area contributed by atoms with Crippen molar-refractivity contribution in [2.75, 3.05) is 39.8 Å². The number of nitrogens with one attached hydrogen (secondary N) is 2. The fraction of sp³-hybridized carbons (Fsp3) is 0.600. The highest BCUT2D eigenvalue weighted by molar-refractivity contribution is 5.94. The van der Waals surface area contributed by atoms with Crippen LogP contribution in [0.4, 0.5) is 0 Å². The zero-order chi connectivity index (χ0) is 18.4. The molecule has 1 unspecified atom stereocenters. The maximum Gasteiger partial charge on any atom is 0.254 e. The number of ether oxygens (including phenoxy) is 1. The molecule has 2 N–H and O–H groups in total. The molecular weight excluding hydrogens is 330 g/mol. The number of methoxy groups -OCH3 is 1. The predicted octanol–water partition coefficient (Wildman–Crippen LogP) is 1.42. The molecule has 0 bridgehead atoms. The van der Waals surface area contributed by atoms with Gasteiger partial charge in [0.15, 0.2) is 0 Å². The number of carbonyl (C=O) groups is 2. The van der Waals surface area contributed by atoms with Crippen LogP contribution in [0, 0.1) is 5.92 Å². The summed E-state index contributed by atoms with van der Waals surface area (Å²) in [5.41, 5.74) is -0.00950. The van der Waals surface area contributed by atoms with Gasteiger partial charge in [-0.2, -0.15) is 0 Å². The number of benzene rings is 1. The Morgan fingerprint density at radius 2 is 2.00 bits per heavy atom. The second-order valence-corrected chi connectivity index (χ2v) is 7.28. The largest absolute Gasteiger partial charge is 0.368 e. The molecule has 2 heterocycles. The number of piperidine rings is 2. The molecule has 0 aliphatic carbocycles. The van der Waals surface area contributed by atoms with Crippen molar-refractivity contribution in [2.45, 2.75) is 31.3 Å². The van der Waals surface area contributed by atoms with Crippen molar-refractivity contribution >= 4 is 11.8 Å². The van der Waals surface area contributed by atoms with Crippen molar-refractivity contribution in [2.24, 2.45) is 5.92 Å². The third kappa shape index (κ3) is 4.24. The topological polar surface area (TPSA) is 70.7 Å². The minimum atomic E-state index is -0.680. The first kappa shape index (κ1) is 18.9. The lowest BCUT2D eigenvalue weighted by molar-refractivity contribution is -0.160. The zero-order valence-electron chi connectivity index (χ0n) is 15.5. The third-order valence-electron chi connectivity index (χ3n) is 5.59. The SMILES string of the molecule is COC1(C(=O)N2CCCC(CNC(=O)c3ccccc3)C2)CCNCC1. The third-order valence-corrected chi connectivity index (χ3v) is 5.59. The molecule has 0 spiro atoms. The zero-order valence-corrected chi connectivity index (χ0v) is 15.5. The maximum absolute atomic E-state index is 13.1. The van der Waals surface area contributed by atoms with E-state index < -0.39 is 5.60 Å². The minimum Gasteiger partial charge on any atom is -0.368 e. The van der Waals surface area contributed by atoms with Crippen molar-refractivity contribution in [1.82, 2.24) is 15.5 Å². The summed E-state index contributed by atoms with van der Waals surface area (Å²) in [4.78, 5) is 27.3. The molecule has 1 aromatic carbocycles. The van der Waals surface area contributed by atoms with Gasteiger partial charge in [-0.15, -0.1) is 0 Å². The number of hydrogen-bond donors (Lipinski definition) is 2. The van der Waals surface area contributed by atoms with Crippen LogP contribution in [-0.4, -0.2) is 62.1 Å². The molecule has 0 aromatic heterocycles. The summed E-state index contributed by atoms with van der Waals surface area (Å²) in [6.07, 6.45) is 3.43. The summed E-state index contributed by atoms with van der Waals surface area (Å²) in [6.45, 7) is 3.68. The Morgan fingerprint density at radius 1 is 1.27 bits per heavy atom. The standard InChI is InChI=1S/C20H29N3O3/c1-26-20(9-11-21-12-10-20)19(25)23-13-5-6-16(15-23)14-22-18(24)17-7-3-2-4-8-17/h2-4,7-8,16,21H,5-6,9-15H2,1H3,(H,22,24). The van der Waals surface area contributed by atoms with Crippen molar-refractivity contribution in [3.63, 3.8) is 0 Å². The number of carbonyl (C=O) groups excluding carboxylic acids is 2.